The van der Waals surface area contributed by atoms with E-state index in [0.717, 1.165) is 30.4 Å². The standard InChI is InChI=1S/C23H31N3O2/c1-17-14-26(15-18(17)2)12-11-19-9-10-22(21(13-19)25-23(27)24-3)28-16-20-7-5-4-6-8-20/h4-10,13,17-18H,11-12,14-16H2,1-3H3,(H2,24,25,27). The van der Waals surface area contributed by atoms with Crippen LogP contribution in [0.4, 0.5) is 10.5 Å². The van der Waals surface area contributed by atoms with Gasteiger partial charge in [-0.3, -0.25) is 0 Å². The number of hydrogen-bond donors (Lipinski definition) is 2. The third kappa shape index (κ3) is 5.49. The van der Waals surface area contributed by atoms with E-state index in [9.17, 15) is 4.79 Å². The second-order valence-electron chi connectivity index (χ2n) is 7.77. The number of nitrogens with zero attached hydrogens (tertiary/aromatic N) is 1. The summed E-state index contributed by atoms with van der Waals surface area (Å²) in [5.74, 6) is 2.21. The van der Waals surface area contributed by atoms with Crippen molar-refractivity contribution in [3.8, 4) is 5.75 Å². The van der Waals surface area contributed by atoms with Gasteiger partial charge in [-0.25, -0.2) is 4.79 Å². The van der Waals surface area contributed by atoms with E-state index < -0.39 is 0 Å². The van der Waals surface area contributed by atoms with Crippen LogP contribution in [0.15, 0.2) is 48.5 Å². The quantitative estimate of drug-likeness (QED) is 0.758. The Balaban J connectivity index is 1.66. The topological polar surface area (TPSA) is 53.6 Å². The number of anilines is 1. The maximum Gasteiger partial charge on any atom is 0.319 e. The summed E-state index contributed by atoms with van der Waals surface area (Å²) in [5, 5.41) is 5.50. The predicted molar refractivity (Wildman–Crippen MR) is 114 cm³/mol. The van der Waals surface area contributed by atoms with E-state index in [-0.39, 0.29) is 6.03 Å². The first kappa shape index (κ1) is 20.2. The molecule has 0 aliphatic carbocycles. The molecule has 1 saturated heterocycles. The molecule has 2 aromatic rings. The summed E-state index contributed by atoms with van der Waals surface area (Å²) in [4.78, 5) is 14.4. The summed E-state index contributed by atoms with van der Waals surface area (Å²) in [7, 11) is 1.61. The third-order valence-electron chi connectivity index (χ3n) is 5.54. The van der Waals surface area contributed by atoms with E-state index in [0.29, 0.717) is 18.0 Å². The number of ether oxygens (including phenoxy) is 1. The van der Waals surface area contributed by atoms with Gasteiger partial charge in [0.25, 0.3) is 0 Å². The van der Waals surface area contributed by atoms with Crippen LogP contribution in [0, 0.1) is 11.8 Å². The first-order valence-corrected chi connectivity index (χ1v) is 10.1. The van der Waals surface area contributed by atoms with Gasteiger partial charge in [0.15, 0.2) is 0 Å². The van der Waals surface area contributed by atoms with E-state index in [1.807, 2.05) is 42.5 Å². The first-order valence-electron chi connectivity index (χ1n) is 10.1. The minimum absolute atomic E-state index is 0.246. The van der Waals surface area contributed by atoms with Crippen molar-refractivity contribution in [2.45, 2.75) is 26.9 Å². The number of rotatable bonds is 7. The summed E-state index contributed by atoms with van der Waals surface area (Å²) < 4.78 is 5.98. The SMILES string of the molecule is CNC(=O)Nc1cc(CCN2CC(C)C(C)C2)ccc1OCc1ccccc1. The van der Waals surface area contributed by atoms with Crippen molar-refractivity contribution >= 4 is 11.7 Å². The molecular formula is C23H31N3O2. The van der Waals surface area contributed by atoms with Gasteiger partial charge in [-0.15, -0.1) is 0 Å². The largest absolute Gasteiger partial charge is 0.487 e. The molecule has 0 saturated carbocycles. The van der Waals surface area contributed by atoms with Crippen LogP contribution in [0.3, 0.4) is 0 Å². The van der Waals surface area contributed by atoms with Gasteiger partial charge in [0.05, 0.1) is 5.69 Å². The molecule has 0 spiro atoms. The predicted octanol–water partition coefficient (Wildman–Crippen LogP) is 4.15. The maximum absolute atomic E-state index is 11.9. The number of carbonyl (C=O) groups excluding carboxylic acids is 1. The molecule has 5 heteroatoms. The average Bonchev–Trinajstić information content (AvgIpc) is 3.04. The summed E-state index contributed by atoms with van der Waals surface area (Å²) in [6.45, 7) is 8.50. The van der Waals surface area contributed by atoms with E-state index >= 15 is 0 Å². The van der Waals surface area contributed by atoms with Crippen LogP contribution in [0.5, 0.6) is 5.75 Å². The molecule has 150 valence electrons. The summed E-state index contributed by atoms with van der Waals surface area (Å²) >= 11 is 0. The molecule has 1 heterocycles. The summed E-state index contributed by atoms with van der Waals surface area (Å²) in [5.41, 5.74) is 3.00. The highest BCUT2D eigenvalue weighted by Gasteiger charge is 2.25. The molecule has 28 heavy (non-hydrogen) atoms. The molecule has 3 rings (SSSR count). The molecule has 5 nitrogen and oxygen atoms in total. The minimum Gasteiger partial charge on any atom is -0.487 e. The number of benzene rings is 2. The van der Waals surface area contributed by atoms with E-state index in [4.69, 9.17) is 4.74 Å². The van der Waals surface area contributed by atoms with Crippen molar-refractivity contribution in [2.24, 2.45) is 11.8 Å². The Hall–Kier alpha value is -2.53. The lowest BCUT2D eigenvalue weighted by Crippen LogP contribution is -2.25. The van der Waals surface area contributed by atoms with Gasteiger partial charge >= 0.3 is 6.03 Å². The number of amides is 2. The highest BCUT2D eigenvalue weighted by Crippen LogP contribution is 2.28. The molecule has 0 aromatic heterocycles. The zero-order valence-electron chi connectivity index (χ0n) is 17.1. The fraction of sp³-hybridized carbons (Fsp3) is 0.435. The number of likely N-dealkylation sites (tertiary alicyclic amines) is 1. The second kappa shape index (κ2) is 9.60. The highest BCUT2D eigenvalue weighted by molar-refractivity contribution is 5.90. The molecule has 2 unspecified atom stereocenters. The molecule has 2 aromatic carbocycles. The molecule has 0 bridgehead atoms. The normalized spacial score (nSPS) is 19.4. The summed E-state index contributed by atoms with van der Waals surface area (Å²) in [6.07, 6.45) is 0.959. The van der Waals surface area contributed by atoms with Crippen molar-refractivity contribution < 1.29 is 9.53 Å². The van der Waals surface area contributed by atoms with E-state index in [1.54, 1.807) is 7.05 Å². The number of urea groups is 1. The highest BCUT2D eigenvalue weighted by atomic mass is 16.5. The molecule has 2 amide bonds. The minimum atomic E-state index is -0.246. The van der Waals surface area contributed by atoms with E-state index in [1.165, 1.54) is 18.7 Å². The van der Waals surface area contributed by atoms with Crippen LogP contribution in [-0.2, 0) is 13.0 Å². The van der Waals surface area contributed by atoms with Crippen LogP contribution in [0.2, 0.25) is 0 Å². The maximum atomic E-state index is 11.9. The zero-order valence-corrected chi connectivity index (χ0v) is 17.1. The van der Waals surface area contributed by atoms with Gasteiger partial charge in [-0.05, 0) is 41.5 Å². The number of carbonyl (C=O) groups is 1. The molecule has 1 aliphatic heterocycles. The van der Waals surface area contributed by atoms with Gasteiger partial charge in [-0.1, -0.05) is 50.2 Å². The van der Waals surface area contributed by atoms with Gasteiger partial charge in [0.1, 0.15) is 12.4 Å². The van der Waals surface area contributed by atoms with Gasteiger partial charge in [-0.2, -0.15) is 0 Å². The first-order chi connectivity index (χ1) is 13.5. The van der Waals surface area contributed by atoms with Crippen LogP contribution >= 0.6 is 0 Å². The Labute approximate surface area is 168 Å². The van der Waals surface area contributed by atoms with Crippen molar-refractivity contribution in [2.75, 3.05) is 32.0 Å². The van der Waals surface area contributed by atoms with Gasteiger partial charge in [0, 0.05) is 26.7 Å². The van der Waals surface area contributed by atoms with Crippen molar-refractivity contribution in [3.05, 3.63) is 59.7 Å². The lowest BCUT2D eigenvalue weighted by molar-refractivity contribution is 0.253. The second-order valence-corrected chi connectivity index (χ2v) is 7.77. The van der Waals surface area contributed by atoms with Crippen molar-refractivity contribution in [1.29, 1.82) is 0 Å². The number of nitrogens with one attached hydrogen (secondary N) is 2. The third-order valence-corrected chi connectivity index (χ3v) is 5.54. The monoisotopic (exact) mass is 381 g/mol. The molecule has 2 atom stereocenters. The van der Waals surface area contributed by atoms with Crippen molar-refractivity contribution in [1.82, 2.24) is 10.2 Å². The molecule has 1 fully saturated rings. The van der Waals surface area contributed by atoms with E-state index in [2.05, 4.69) is 35.4 Å². The molecule has 0 radical (unpaired) electrons. The molecular weight excluding hydrogens is 350 g/mol. The smallest absolute Gasteiger partial charge is 0.319 e. The Morgan fingerprint density at radius 3 is 2.46 bits per heavy atom. The fourth-order valence-corrected chi connectivity index (χ4v) is 3.60. The van der Waals surface area contributed by atoms with Crippen LogP contribution in [0.25, 0.3) is 0 Å². The lowest BCUT2D eigenvalue weighted by atomic mass is 10.0. The Morgan fingerprint density at radius 2 is 1.79 bits per heavy atom. The lowest BCUT2D eigenvalue weighted by Gasteiger charge is -2.17. The van der Waals surface area contributed by atoms with Gasteiger partial charge < -0.3 is 20.3 Å². The summed E-state index contributed by atoms with van der Waals surface area (Å²) in [6, 6.07) is 15.9. The Kier molecular flexibility index (Phi) is 6.93. The number of hydrogen-bond acceptors (Lipinski definition) is 3. The molecule has 1 aliphatic rings. The van der Waals surface area contributed by atoms with Crippen LogP contribution in [-0.4, -0.2) is 37.6 Å². The zero-order chi connectivity index (χ0) is 19.9. The van der Waals surface area contributed by atoms with Gasteiger partial charge in [0.2, 0.25) is 0 Å². The van der Waals surface area contributed by atoms with Crippen molar-refractivity contribution in [3.63, 3.8) is 0 Å². The Morgan fingerprint density at radius 1 is 1.07 bits per heavy atom. The molecule has 2 N–H and O–H groups in total. The Bertz CT molecular complexity index is 769. The fourth-order valence-electron chi connectivity index (χ4n) is 3.60. The average molecular weight is 382 g/mol. The van der Waals surface area contributed by atoms with Crippen LogP contribution < -0.4 is 15.4 Å². The van der Waals surface area contributed by atoms with Crippen LogP contribution in [0.1, 0.15) is 25.0 Å².